The molecule has 0 aromatic carbocycles. The number of hydrogen-bond acceptors (Lipinski definition) is 5. The molecule has 0 rings (SSSR count). The van der Waals surface area contributed by atoms with Crippen LogP contribution in [0.15, 0.2) is 0 Å². The Morgan fingerprint density at radius 3 is 1.00 bits per heavy atom. The summed E-state index contributed by atoms with van der Waals surface area (Å²) < 4.78 is 0. The van der Waals surface area contributed by atoms with Crippen LogP contribution in [0.5, 0.6) is 0 Å². The fourth-order valence-corrected chi connectivity index (χ4v) is 0. The van der Waals surface area contributed by atoms with Crippen LogP contribution in [0.4, 0.5) is 9.59 Å². The number of carbonyl (C=O) groups is 2. The zero-order valence-corrected chi connectivity index (χ0v) is 7.10. The second-order valence-electron chi connectivity index (χ2n) is 0.532. The van der Waals surface area contributed by atoms with Gasteiger partial charge in [0.25, 0.3) is 0 Å². The number of rotatable bonds is 0. The minimum absolute atomic E-state index is 0. The Morgan fingerprint density at radius 1 is 1.00 bits per heavy atom. The Labute approximate surface area is 78.0 Å². The van der Waals surface area contributed by atoms with Gasteiger partial charge in [0.2, 0.25) is 12.3 Å². The summed E-state index contributed by atoms with van der Waals surface area (Å²) in [6.07, 6.45) is -4.17. The Morgan fingerprint density at radius 2 is 1.00 bits per heavy atom. The summed E-state index contributed by atoms with van der Waals surface area (Å²) in [5.41, 5.74) is 0. The summed E-state index contributed by atoms with van der Waals surface area (Å²) in [5.74, 6) is 0. The van der Waals surface area contributed by atoms with E-state index in [0.717, 1.165) is 7.11 Å². The van der Waals surface area contributed by atoms with Crippen molar-refractivity contribution in [1.82, 2.24) is 0 Å². The molecule has 7 nitrogen and oxygen atoms in total. The van der Waals surface area contributed by atoms with Crippen LogP contribution in [0.2, 0.25) is 0 Å². The van der Waals surface area contributed by atoms with Crippen molar-refractivity contribution in [2.24, 2.45) is 0 Å². The van der Waals surface area contributed by atoms with Crippen molar-refractivity contribution in [3.05, 3.63) is 0 Å². The number of hydrogen-bond donors (Lipinski definition) is 3. The van der Waals surface area contributed by atoms with Crippen molar-refractivity contribution in [3.63, 3.8) is 0 Å². The van der Waals surface area contributed by atoms with Crippen LogP contribution < -0.4 is 10.2 Å². The molecule has 0 aliphatic heterocycles. The van der Waals surface area contributed by atoms with Gasteiger partial charge in [-0.25, -0.2) is 0 Å². The summed E-state index contributed by atoms with van der Waals surface area (Å²) in [7, 11) is 1.00. The third-order valence-corrected chi connectivity index (χ3v) is 0. The Bertz CT molecular complexity index is 71.7. The average molecular weight is 178 g/mol. The predicted molar refractivity (Wildman–Crippen MR) is 29.9 cm³/mol. The van der Waals surface area contributed by atoms with E-state index in [9.17, 15) is 0 Å². The van der Waals surface area contributed by atoms with E-state index in [-0.39, 0.29) is 23.1 Å². The van der Waals surface area contributed by atoms with E-state index < -0.39 is 12.3 Å². The molecule has 0 radical (unpaired) electrons. The summed E-state index contributed by atoms with van der Waals surface area (Å²) in [6, 6.07) is 0. The van der Waals surface area contributed by atoms with Crippen molar-refractivity contribution in [1.29, 1.82) is 0 Å². The number of carboxylic acid groups (broad SMARTS) is 4. The third-order valence-electron chi connectivity index (χ3n) is 0. The molecule has 11 heavy (non-hydrogen) atoms. The van der Waals surface area contributed by atoms with Gasteiger partial charge in [-0.1, -0.05) is 0 Å². The molecule has 0 bridgehead atoms. The molecule has 0 heterocycles. The van der Waals surface area contributed by atoms with Gasteiger partial charge in [0.15, 0.2) is 0 Å². The zero-order valence-electron chi connectivity index (χ0n) is 5.68. The molecule has 0 aromatic rings. The van der Waals surface area contributed by atoms with Gasteiger partial charge < -0.3 is 35.1 Å². The van der Waals surface area contributed by atoms with Crippen LogP contribution >= 0.6 is 0 Å². The zero-order chi connectivity index (χ0) is 9.15. The van der Waals surface area contributed by atoms with Gasteiger partial charge in [-0.05, 0) is 0 Å². The van der Waals surface area contributed by atoms with Gasteiger partial charge in [-0.2, -0.15) is 0 Å². The minimum atomic E-state index is -2.08. The molecule has 3 N–H and O–H groups in total. The molecule has 0 saturated heterocycles. The van der Waals surface area contributed by atoms with Crippen molar-refractivity contribution in [2.45, 2.75) is 0 Å². The number of aliphatic hydroxyl groups excluding tert-OH is 1. The number of aliphatic hydroxyl groups is 1. The van der Waals surface area contributed by atoms with Crippen molar-refractivity contribution >= 4 is 35.4 Å². The van der Waals surface area contributed by atoms with E-state index in [1.165, 1.54) is 0 Å². The average Bonchev–Trinajstić information content (AvgIpc) is 1.66. The van der Waals surface area contributed by atoms with E-state index in [1.807, 2.05) is 0 Å². The summed E-state index contributed by atoms with van der Waals surface area (Å²) in [6.45, 7) is 0. The summed E-state index contributed by atoms with van der Waals surface area (Å²) in [5, 5.41) is 37.6. The van der Waals surface area contributed by atoms with Crippen LogP contribution in [0.25, 0.3) is 0 Å². The first-order valence-corrected chi connectivity index (χ1v) is 1.71. The fourth-order valence-electron chi connectivity index (χ4n) is 0. The largest absolute Gasteiger partial charge is 2.00 e. The van der Waals surface area contributed by atoms with E-state index in [0.29, 0.717) is 0 Å². The van der Waals surface area contributed by atoms with E-state index in [2.05, 4.69) is 0 Å². The Kier molecular flexibility index (Phi) is 46.6. The van der Waals surface area contributed by atoms with Gasteiger partial charge in [0, 0.05) is 7.11 Å². The Hall–Kier alpha value is -0.734. The van der Waals surface area contributed by atoms with E-state index in [4.69, 9.17) is 35.1 Å². The molecule has 62 valence electrons. The first kappa shape index (κ1) is 22.4. The topological polar surface area (TPSA) is 141 Å². The predicted octanol–water partition coefficient (Wildman–Crippen LogP) is -3.00. The maximum absolute atomic E-state index is 8.44. The van der Waals surface area contributed by atoms with Crippen LogP contribution in [-0.4, -0.2) is 57.8 Å². The maximum Gasteiger partial charge on any atom is 2.00 e. The maximum atomic E-state index is 8.44. The van der Waals surface area contributed by atoms with Gasteiger partial charge >= 0.3 is 23.1 Å². The minimum Gasteiger partial charge on any atom is -0.565 e. The van der Waals surface area contributed by atoms with Crippen LogP contribution in [-0.2, 0) is 0 Å². The van der Waals surface area contributed by atoms with E-state index >= 15 is 0 Å². The smallest absolute Gasteiger partial charge is 0.565 e. The SMILES string of the molecule is CO.O=C([O-])O.O=C([O-])O.[Mg+2]. The van der Waals surface area contributed by atoms with Gasteiger partial charge in [-0.15, -0.1) is 0 Å². The van der Waals surface area contributed by atoms with Crippen LogP contribution in [0.1, 0.15) is 0 Å². The third kappa shape index (κ3) is 909. The first-order valence-electron chi connectivity index (χ1n) is 1.71. The molecular formula is C3H6MgO7. The summed E-state index contributed by atoms with van der Waals surface area (Å²) in [4.78, 5) is 16.9. The molecule has 0 atom stereocenters. The van der Waals surface area contributed by atoms with Gasteiger partial charge in [0.05, 0.1) is 0 Å². The summed E-state index contributed by atoms with van der Waals surface area (Å²) >= 11 is 0. The molecular weight excluding hydrogens is 172 g/mol. The molecule has 0 saturated carbocycles. The molecule has 8 heteroatoms. The van der Waals surface area contributed by atoms with Crippen LogP contribution in [0, 0.1) is 0 Å². The fraction of sp³-hybridized carbons (Fsp3) is 0.333. The van der Waals surface area contributed by atoms with Gasteiger partial charge in [-0.3, -0.25) is 0 Å². The molecule has 0 spiro atoms. The molecule has 0 amide bonds. The second-order valence-corrected chi connectivity index (χ2v) is 0.532. The molecule has 0 fully saturated rings. The van der Waals surface area contributed by atoms with Crippen molar-refractivity contribution < 1.29 is 35.1 Å². The molecule has 0 unspecified atom stereocenters. The first-order chi connectivity index (χ1) is 4.46. The molecule has 0 aromatic heterocycles. The molecule has 0 aliphatic carbocycles. The van der Waals surface area contributed by atoms with Gasteiger partial charge in [0.1, 0.15) is 0 Å². The standard InChI is InChI=1S/2CH2O3.CH4O.Mg/c2*2-1(3)4;1-2;/h2*(H2,2,3,4);2H,1H3;/q;;;+2/p-2. The van der Waals surface area contributed by atoms with Crippen molar-refractivity contribution in [2.75, 3.05) is 7.11 Å². The quantitative estimate of drug-likeness (QED) is 0.336. The van der Waals surface area contributed by atoms with E-state index in [1.54, 1.807) is 0 Å². The second kappa shape index (κ2) is 22.8. The normalized spacial score (nSPS) is 4.91. The van der Waals surface area contributed by atoms with Crippen LogP contribution in [0.3, 0.4) is 0 Å². The van der Waals surface area contributed by atoms with Crippen molar-refractivity contribution in [3.8, 4) is 0 Å². The molecule has 0 aliphatic rings. The Balaban J connectivity index is -0.0000000339. The monoisotopic (exact) mass is 178 g/mol.